The number of hydrogen-bond acceptors (Lipinski definition) is 4. The lowest BCUT2D eigenvalue weighted by molar-refractivity contribution is 0.0250. The molecule has 0 saturated carbocycles. The standard InChI is InChI=1S/C21H33N3O2/c1-6-14(2)12-23-19-16-13-22-17(19)10-9-15(16)18-8-7-11-24(18)20(25)26-21(3,4)5/h9,12,17-18,22-23H,6-8,10-11,13H2,1-5H3/b14-12-/t17-,18-/m0/s1. The maximum absolute atomic E-state index is 12.7. The monoisotopic (exact) mass is 359 g/mol. The fraction of sp³-hybridized carbons (Fsp3) is 0.667. The van der Waals surface area contributed by atoms with Gasteiger partial charge in [0.2, 0.25) is 0 Å². The second-order valence-electron chi connectivity index (χ2n) is 8.54. The summed E-state index contributed by atoms with van der Waals surface area (Å²) >= 11 is 0. The lowest BCUT2D eigenvalue weighted by Gasteiger charge is -2.32. The SMILES string of the molecule is CC/C(C)=C\NC1=C2CN[C@H]1CC=C2[C@@H]1CCCN1C(=O)OC(C)(C)C. The molecule has 2 atom stereocenters. The van der Waals surface area contributed by atoms with Crippen molar-refractivity contribution in [1.82, 2.24) is 15.5 Å². The Morgan fingerprint density at radius 2 is 2.23 bits per heavy atom. The van der Waals surface area contributed by atoms with E-state index in [0.717, 1.165) is 38.8 Å². The average Bonchev–Trinajstić information content (AvgIpc) is 3.15. The predicted octanol–water partition coefficient (Wildman–Crippen LogP) is 3.85. The van der Waals surface area contributed by atoms with Crippen molar-refractivity contribution in [2.75, 3.05) is 13.1 Å². The summed E-state index contributed by atoms with van der Waals surface area (Å²) < 4.78 is 5.65. The van der Waals surface area contributed by atoms with Gasteiger partial charge in [0.25, 0.3) is 0 Å². The lowest BCUT2D eigenvalue weighted by atomic mass is 9.89. The van der Waals surface area contributed by atoms with Gasteiger partial charge in [-0.25, -0.2) is 4.79 Å². The molecule has 144 valence electrons. The number of carbonyl (C=O) groups excluding carboxylic acids is 1. The van der Waals surface area contributed by atoms with E-state index in [0.29, 0.717) is 6.04 Å². The van der Waals surface area contributed by atoms with Crippen LogP contribution in [0, 0.1) is 0 Å². The average molecular weight is 360 g/mol. The van der Waals surface area contributed by atoms with Crippen LogP contribution in [0.5, 0.6) is 0 Å². The zero-order chi connectivity index (χ0) is 18.9. The van der Waals surface area contributed by atoms with Gasteiger partial charge in [0.15, 0.2) is 0 Å². The molecule has 1 amide bonds. The van der Waals surface area contributed by atoms with E-state index in [1.165, 1.54) is 22.4 Å². The van der Waals surface area contributed by atoms with Gasteiger partial charge in [0.1, 0.15) is 5.60 Å². The zero-order valence-electron chi connectivity index (χ0n) is 16.8. The molecule has 5 heteroatoms. The third kappa shape index (κ3) is 3.98. The molecule has 0 aromatic carbocycles. The van der Waals surface area contributed by atoms with Crippen LogP contribution in [0.1, 0.15) is 60.3 Å². The molecule has 1 fully saturated rings. The summed E-state index contributed by atoms with van der Waals surface area (Å²) in [7, 11) is 0. The van der Waals surface area contributed by atoms with E-state index in [1.54, 1.807) is 0 Å². The first-order chi connectivity index (χ1) is 12.3. The molecular formula is C21H33N3O2. The summed E-state index contributed by atoms with van der Waals surface area (Å²) in [4.78, 5) is 14.6. The fourth-order valence-corrected chi connectivity index (χ4v) is 3.92. The number of hydrogen-bond donors (Lipinski definition) is 2. The van der Waals surface area contributed by atoms with Crippen molar-refractivity contribution in [1.29, 1.82) is 0 Å². The van der Waals surface area contributed by atoms with Crippen molar-refractivity contribution in [3.05, 3.63) is 34.7 Å². The van der Waals surface area contributed by atoms with E-state index in [9.17, 15) is 4.79 Å². The Labute approximate surface area is 157 Å². The van der Waals surface area contributed by atoms with E-state index in [-0.39, 0.29) is 12.1 Å². The highest BCUT2D eigenvalue weighted by molar-refractivity contribution is 5.70. The Balaban J connectivity index is 1.80. The number of allylic oxidation sites excluding steroid dienone is 1. The molecule has 0 aromatic heterocycles. The van der Waals surface area contributed by atoms with Gasteiger partial charge in [-0.3, -0.25) is 0 Å². The van der Waals surface area contributed by atoms with Crippen LogP contribution in [0.15, 0.2) is 34.7 Å². The minimum absolute atomic E-state index is 0.133. The third-order valence-electron chi connectivity index (χ3n) is 5.39. The van der Waals surface area contributed by atoms with Crippen LogP contribution in [0.25, 0.3) is 0 Å². The topological polar surface area (TPSA) is 53.6 Å². The minimum atomic E-state index is -0.459. The largest absolute Gasteiger partial charge is 0.444 e. The molecule has 0 aromatic rings. The second kappa shape index (κ2) is 7.47. The summed E-state index contributed by atoms with van der Waals surface area (Å²) in [5, 5.41) is 7.14. The van der Waals surface area contributed by atoms with E-state index >= 15 is 0 Å². The Morgan fingerprint density at radius 1 is 1.46 bits per heavy atom. The van der Waals surface area contributed by atoms with E-state index < -0.39 is 5.60 Å². The minimum Gasteiger partial charge on any atom is -0.444 e. The maximum Gasteiger partial charge on any atom is 0.410 e. The van der Waals surface area contributed by atoms with Crippen molar-refractivity contribution < 1.29 is 9.53 Å². The number of rotatable bonds is 4. The van der Waals surface area contributed by atoms with Crippen molar-refractivity contribution in [2.45, 2.75) is 78.0 Å². The number of likely N-dealkylation sites (tertiary alicyclic amines) is 1. The third-order valence-corrected chi connectivity index (χ3v) is 5.39. The van der Waals surface area contributed by atoms with E-state index in [4.69, 9.17) is 4.74 Å². The second-order valence-corrected chi connectivity index (χ2v) is 8.54. The molecule has 2 bridgehead atoms. The van der Waals surface area contributed by atoms with Gasteiger partial charge in [-0.15, -0.1) is 0 Å². The number of ether oxygens (including phenoxy) is 1. The summed E-state index contributed by atoms with van der Waals surface area (Å²) in [6.45, 7) is 11.7. The smallest absolute Gasteiger partial charge is 0.410 e. The van der Waals surface area contributed by atoms with Crippen LogP contribution in [-0.2, 0) is 4.74 Å². The number of carbonyl (C=O) groups is 1. The quantitative estimate of drug-likeness (QED) is 0.801. The Morgan fingerprint density at radius 3 is 2.92 bits per heavy atom. The molecule has 2 aliphatic heterocycles. The number of amides is 1. The van der Waals surface area contributed by atoms with Gasteiger partial charge in [0.05, 0.1) is 12.1 Å². The van der Waals surface area contributed by atoms with Gasteiger partial charge in [-0.1, -0.05) is 18.6 Å². The van der Waals surface area contributed by atoms with Crippen molar-refractivity contribution >= 4 is 6.09 Å². The Kier molecular flexibility index (Phi) is 5.47. The van der Waals surface area contributed by atoms with Gasteiger partial charge < -0.3 is 20.3 Å². The maximum atomic E-state index is 12.7. The molecule has 2 N–H and O–H groups in total. The first-order valence-electron chi connectivity index (χ1n) is 9.88. The van der Waals surface area contributed by atoms with Gasteiger partial charge in [-0.2, -0.15) is 0 Å². The molecule has 0 spiro atoms. The Bertz CT molecular complexity index is 655. The molecular weight excluding hydrogens is 326 g/mol. The summed E-state index contributed by atoms with van der Waals surface area (Å²) in [5.41, 5.74) is 4.80. The number of nitrogens with one attached hydrogen (secondary N) is 2. The van der Waals surface area contributed by atoms with Crippen molar-refractivity contribution in [3.63, 3.8) is 0 Å². The predicted molar refractivity (Wildman–Crippen MR) is 105 cm³/mol. The van der Waals surface area contributed by atoms with Crippen LogP contribution >= 0.6 is 0 Å². The molecule has 1 aliphatic carbocycles. The van der Waals surface area contributed by atoms with E-state index in [2.05, 4.69) is 36.8 Å². The van der Waals surface area contributed by atoms with Crippen molar-refractivity contribution in [2.24, 2.45) is 0 Å². The van der Waals surface area contributed by atoms with Gasteiger partial charge >= 0.3 is 6.09 Å². The summed E-state index contributed by atoms with van der Waals surface area (Å²) in [6, 6.07) is 0.500. The van der Waals surface area contributed by atoms with Gasteiger partial charge in [-0.05, 0) is 70.7 Å². The highest BCUT2D eigenvalue weighted by atomic mass is 16.6. The molecule has 26 heavy (non-hydrogen) atoms. The molecule has 1 saturated heterocycles. The molecule has 3 rings (SSSR count). The van der Waals surface area contributed by atoms with Crippen molar-refractivity contribution in [3.8, 4) is 0 Å². The first-order valence-corrected chi connectivity index (χ1v) is 9.88. The van der Waals surface area contributed by atoms with Crippen LogP contribution in [-0.4, -0.2) is 41.8 Å². The summed E-state index contributed by atoms with van der Waals surface area (Å²) in [5.74, 6) is 0. The van der Waals surface area contributed by atoms with Crippen LogP contribution < -0.4 is 10.6 Å². The highest BCUT2D eigenvalue weighted by Crippen LogP contribution is 2.36. The normalized spacial score (nSPS) is 26.3. The van der Waals surface area contributed by atoms with E-state index in [1.807, 2.05) is 25.7 Å². The fourth-order valence-electron chi connectivity index (χ4n) is 3.92. The molecule has 2 heterocycles. The number of fused-ring (bicyclic) bond motifs is 1. The first kappa shape index (κ1) is 19.0. The zero-order valence-corrected chi connectivity index (χ0v) is 16.8. The summed E-state index contributed by atoms with van der Waals surface area (Å²) in [6.07, 6.45) is 8.32. The number of nitrogens with zero attached hydrogens (tertiary/aromatic N) is 1. The van der Waals surface area contributed by atoms with Crippen LogP contribution in [0.4, 0.5) is 4.79 Å². The molecule has 3 aliphatic rings. The Hall–Kier alpha value is -1.75. The molecule has 5 nitrogen and oxygen atoms in total. The molecule has 0 unspecified atom stereocenters. The van der Waals surface area contributed by atoms with Crippen LogP contribution in [0.2, 0.25) is 0 Å². The highest BCUT2D eigenvalue weighted by Gasteiger charge is 2.39. The molecule has 0 radical (unpaired) electrons. The lowest BCUT2D eigenvalue weighted by Crippen LogP contribution is -2.41. The van der Waals surface area contributed by atoms with Crippen LogP contribution in [0.3, 0.4) is 0 Å². The van der Waals surface area contributed by atoms with Gasteiger partial charge in [0, 0.05) is 18.8 Å².